The fourth-order valence-electron chi connectivity index (χ4n) is 2.10. The van der Waals surface area contributed by atoms with Crippen LogP contribution in [-0.4, -0.2) is 28.5 Å². The maximum atomic E-state index is 4.10. The van der Waals surface area contributed by atoms with Crippen LogP contribution in [0.4, 0.5) is 0 Å². The van der Waals surface area contributed by atoms with Gasteiger partial charge in [-0.1, -0.05) is 41.7 Å². The molecule has 1 unspecified atom stereocenters. The van der Waals surface area contributed by atoms with Crippen molar-refractivity contribution in [2.45, 2.75) is 38.6 Å². The SMILES string of the molecule is C=C(CI)CC1CCCN1CCC. The van der Waals surface area contributed by atoms with Crippen LogP contribution in [0, 0.1) is 0 Å². The smallest absolute Gasteiger partial charge is 0.0203 e. The van der Waals surface area contributed by atoms with Gasteiger partial charge in [-0.2, -0.15) is 0 Å². The first-order valence-electron chi connectivity index (χ1n) is 5.24. The highest BCUT2D eigenvalue weighted by Gasteiger charge is 2.23. The molecule has 1 nitrogen and oxygen atoms in total. The summed E-state index contributed by atoms with van der Waals surface area (Å²) in [5, 5.41) is 0. The predicted molar refractivity (Wildman–Crippen MR) is 67.5 cm³/mol. The zero-order valence-corrected chi connectivity index (χ0v) is 10.7. The molecule has 0 amide bonds. The number of likely N-dealkylation sites (tertiary alicyclic amines) is 1. The Hall–Kier alpha value is 0.430. The number of rotatable bonds is 5. The molecular formula is C11H20IN. The molecule has 0 bridgehead atoms. The molecule has 1 heterocycles. The number of hydrogen-bond acceptors (Lipinski definition) is 1. The van der Waals surface area contributed by atoms with E-state index in [1.54, 1.807) is 0 Å². The van der Waals surface area contributed by atoms with Gasteiger partial charge >= 0.3 is 0 Å². The first kappa shape index (κ1) is 11.5. The van der Waals surface area contributed by atoms with Gasteiger partial charge < -0.3 is 4.90 Å². The fraction of sp³-hybridized carbons (Fsp3) is 0.818. The number of nitrogens with zero attached hydrogens (tertiary/aromatic N) is 1. The van der Waals surface area contributed by atoms with E-state index in [-0.39, 0.29) is 0 Å². The number of hydrogen-bond donors (Lipinski definition) is 0. The van der Waals surface area contributed by atoms with Crippen LogP contribution in [0.25, 0.3) is 0 Å². The van der Waals surface area contributed by atoms with Crippen LogP contribution in [-0.2, 0) is 0 Å². The van der Waals surface area contributed by atoms with Crippen LogP contribution in [0.15, 0.2) is 12.2 Å². The zero-order chi connectivity index (χ0) is 9.68. The van der Waals surface area contributed by atoms with Gasteiger partial charge in [0, 0.05) is 10.5 Å². The van der Waals surface area contributed by atoms with E-state index in [1.165, 1.54) is 44.3 Å². The van der Waals surface area contributed by atoms with Crippen molar-refractivity contribution in [3.8, 4) is 0 Å². The van der Waals surface area contributed by atoms with Gasteiger partial charge in [0.2, 0.25) is 0 Å². The molecule has 76 valence electrons. The van der Waals surface area contributed by atoms with E-state index in [1.807, 2.05) is 0 Å². The van der Waals surface area contributed by atoms with E-state index in [0.717, 1.165) is 10.5 Å². The molecule has 13 heavy (non-hydrogen) atoms. The van der Waals surface area contributed by atoms with Crippen molar-refractivity contribution in [2.24, 2.45) is 0 Å². The van der Waals surface area contributed by atoms with Gasteiger partial charge in [-0.05, 0) is 38.8 Å². The van der Waals surface area contributed by atoms with Crippen molar-refractivity contribution in [1.82, 2.24) is 4.90 Å². The Labute approximate surface area is 95.7 Å². The molecule has 1 aliphatic rings. The van der Waals surface area contributed by atoms with Gasteiger partial charge in [0.25, 0.3) is 0 Å². The largest absolute Gasteiger partial charge is 0.300 e. The molecule has 1 aliphatic heterocycles. The van der Waals surface area contributed by atoms with E-state index in [0.29, 0.717) is 0 Å². The topological polar surface area (TPSA) is 3.24 Å². The molecule has 1 saturated heterocycles. The summed E-state index contributed by atoms with van der Waals surface area (Å²) in [5.41, 5.74) is 1.41. The van der Waals surface area contributed by atoms with E-state index >= 15 is 0 Å². The standard InChI is InChI=1S/C11H20IN/c1-3-6-13-7-4-5-11(13)8-10(2)9-12/h11H,2-9H2,1H3. The molecule has 0 aromatic rings. The molecule has 0 saturated carbocycles. The maximum absolute atomic E-state index is 4.10. The van der Waals surface area contributed by atoms with Crippen molar-refractivity contribution in [3.63, 3.8) is 0 Å². The molecule has 1 rings (SSSR count). The quantitative estimate of drug-likeness (QED) is 0.427. The molecular weight excluding hydrogens is 273 g/mol. The third-order valence-corrected chi connectivity index (χ3v) is 3.80. The average Bonchev–Trinajstić information content (AvgIpc) is 2.54. The molecule has 0 radical (unpaired) electrons. The number of halogens is 1. The molecule has 0 aromatic heterocycles. The highest BCUT2D eigenvalue weighted by Crippen LogP contribution is 2.23. The second-order valence-electron chi connectivity index (χ2n) is 3.92. The molecule has 0 aliphatic carbocycles. The predicted octanol–water partition coefficient (Wildman–Crippen LogP) is 3.24. The Balaban J connectivity index is 2.34. The lowest BCUT2D eigenvalue weighted by molar-refractivity contribution is 0.253. The monoisotopic (exact) mass is 293 g/mol. The van der Waals surface area contributed by atoms with Gasteiger partial charge in [-0.15, -0.1) is 0 Å². The molecule has 2 heteroatoms. The van der Waals surface area contributed by atoms with E-state index in [4.69, 9.17) is 0 Å². The van der Waals surface area contributed by atoms with Crippen LogP contribution in [0.2, 0.25) is 0 Å². The lowest BCUT2D eigenvalue weighted by Crippen LogP contribution is -2.30. The van der Waals surface area contributed by atoms with Crippen molar-refractivity contribution in [2.75, 3.05) is 17.5 Å². The van der Waals surface area contributed by atoms with Crippen LogP contribution in [0.1, 0.15) is 32.6 Å². The minimum atomic E-state index is 0.808. The van der Waals surface area contributed by atoms with Gasteiger partial charge in [0.15, 0.2) is 0 Å². The van der Waals surface area contributed by atoms with Gasteiger partial charge in [0.05, 0.1) is 0 Å². The van der Waals surface area contributed by atoms with Crippen LogP contribution in [0.3, 0.4) is 0 Å². The summed E-state index contributed by atoms with van der Waals surface area (Å²) in [6.07, 6.45) is 5.28. The van der Waals surface area contributed by atoms with Crippen molar-refractivity contribution >= 4 is 22.6 Å². The molecule has 0 spiro atoms. The molecule has 1 fully saturated rings. The summed E-state index contributed by atoms with van der Waals surface area (Å²) < 4.78 is 1.12. The molecule has 1 atom stereocenters. The average molecular weight is 293 g/mol. The number of alkyl halides is 1. The fourth-order valence-corrected chi connectivity index (χ4v) is 2.41. The Morgan fingerprint density at radius 3 is 3.00 bits per heavy atom. The van der Waals surface area contributed by atoms with Crippen molar-refractivity contribution < 1.29 is 0 Å². The first-order valence-corrected chi connectivity index (χ1v) is 6.77. The second-order valence-corrected chi connectivity index (χ2v) is 4.68. The van der Waals surface area contributed by atoms with E-state index in [9.17, 15) is 0 Å². The summed E-state index contributed by atoms with van der Waals surface area (Å²) >= 11 is 2.41. The lowest BCUT2D eigenvalue weighted by atomic mass is 10.1. The third-order valence-electron chi connectivity index (χ3n) is 2.72. The van der Waals surface area contributed by atoms with E-state index < -0.39 is 0 Å². The summed E-state index contributed by atoms with van der Waals surface area (Å²) in [5.74, 6) is 0. The Bertz CT molecular complexity index is 167. The Morgan fingerprint density at radius 1 is 1.62 bits per heavy atom. The minimum Gasteiger partial charge on any atom is -0.300 e. The lowest BCUT2D eigenvalue weighted by Gasteiger charge is -2.24. The maximum Gasteiger partial charge on any atom is 0.0203 e. The van der Waals surface area contributed by atoms with Crippen molar-refractivity contribution in [1.29, 1.82) is 0 Å². The molecule has 0 aromatic carbocycles. The van der Waals surface area contributed by atoms with Crippen LogP contribution < -0.4 is 0 Å². The van der Waals surface area contributed by atoms with Crippen molar-refractivity contribution in [3.05, 3.63) is 12.2 Å². The summed E-state index contributed by atoms with van der Waals surface area (Å²) in [7, 11) is 0. The highest BCUT2D eigenvalue weighted by molar-refractivity contribution is 14.1. The second kappa shape index (κ2) is 6.02. The normalized spacial score (nSPS) is 23.7. The van der Waals surface area contributed by atoms with E-state index in [2.05, 4.69) is 41.0 Å². The molecule has 0 N–H and O–H groups in total. The van der Waals surface area contributed by atoms with Gasteiger partial charge in [-0.25, -0.2) is 0 Å². The van der Waals surface area contributed by atoms with Crippen LogP contribution in [0.5, 0.6) is 0 Å². The zero-order valence-electron chi connectivity index (χ0n) is 8.56. The van der Waals surface area contributed by atoms with Gasteiger partial charge in [-0.3, -0.25) is 0 Å². The minimum absolute atomic E-state index is 0.808. The summed E-state index contributed by atoms with van der Waals surface area (Å²) in [6.45, 7) is 8.95. The Kier molecular flexibility index (Phi) is 5.32. The first-order chi connectivity index (χ1) is 6.27. The third kappa shape index (κ3) is 3.58. The highest BCUT2D eigenvalue weighted by atomic mass is 127. The van der Waals surface area contributed by atoms with Gasteiger partial charge in [0.1, 0.15) is 0 Å². The summed E-state index contributed by atoms with van der Waals surface area (Å²) in [6, 6.07) is 0.808. The van der Waals surface area contributed by atoms with Crippen LogP contribution >= 0.6 is 22.6 Å². The Morgan fingerprint density at radius 2 is 2.38 bits per heavy atom. The summed E-state index contributed by atoms with van der Waals surface area (Å²) in [4.78, 5) is 2.64.